The van der Waals surface area contributed by atoms with Gasteiger partial charge in [-0.1, -0.05) is 18.2 Å². The molecule has 0 amide bonds. The number of fused-ring (bicyclic) bond motifs is 1. The molecular formula is C19H22N2O4S2. The van der Waals surface area contributed by atoms with Crippen molar-refractivity contribution >= 4 is 25.7 Å². The maximum atomic E-state index is 12.9. The van der Waals surface area contributed by atoms with Crippen LogP contribution in [0.3, 0.4) is 0 Å². The first-order chi connectivity index (χ1) is 12.9. The summed E-state index contributed by atoms with van der Waals surface area (Å²) in [5.74, 6) is 0. The Hall–Kier alpha value is -1.90. The van der Waals surface area contributed by atoms with E-state index in [1.807, 2.05) is 12.1 Å². The van der Waals surface area contributed by atoms with Gasteiger partial charge in [-0.25, -0.2) is 21.6 Å². The summed E-state index contributed by atoms with van der Waals surface area (Å²) < 4.78 is 55.7. The molecule has 27 heavy (non-hydrogen) atoms. The van der Waals surface area contributed by atoms with Crippen LogP contribution in [-0.2, 0) is 32.9 Å². The lowest BCUT2D eigenvalue weighted by Crippen LogP contribution is -2.26. The second-order valence-electron chi connectivity index (χ2n) is 7.13. The predicted octanol–water partition coefficient (Wildman–Crippen LogP) is 2.81. The zero-order valence-corrected chi connectivity index (χ0v) is 16.4. The monoisotopic (exact) mass is 406 g/mol. The quantitative estimate of drug-likeness (QED) is 0.772. The van der Waals surface area contributed by atoms with Gasteiger partial charge >= 0.3 is 0 Å². The van der Waals surface area contributed by atoms with Crippen LogP contribution in [0.15, 0.2) is 52.3 Å². The molecule has 2 aromatic carbocycles. The smallest absolute Gasteiger partial charge is 0.261 e. The lowest BCUT2D eigenvalue weighted by atomic mass is 9.91. The first-order valence-electron chi connectivity index (χ1n) is 9.11. The highest BCUT2D eigenvalue weighted by atomic mass is 32.2. The van der Waals surface area contributed by atoms with Gasteiger partial charge in [-0.2, -0.15) is 0 Å². The van der Waals surface area contributed by atoms with Crippen LogP contribution in [0.4, 0.5) is 5.69 Å². The van der Waals surface area contributed by atoms with E-state index in [1.165, 1.54) is 29.8 Å². The number of nitrogens with one attached hydrogen (secondary N) is 2. The first-order valence-corrected chi connectivity index (χ1v) is 12.1. The molecule has 4 rings (SSSR count). The van der Waals surface area contributed by atoms with E-state index in [-0.39, 0.29) is 15.8 Å². The van der Waals surface area contributed by atoms with Gasteiger partial charge in [0.2, 0.25) is 10.0 Å². The largest absolute Gasteiger partial charge is 0.279 e. The first kappa shape index (κ1) is 18.5. The van der Waals surface area contributed by atoms with E-state index in [0.29, 0.717) is 5.69 Å². The Morgan fingerprint density at radius 3 is 2.22 bits per heavy atom. The predicted molar refractivity (Wildman–Crippen MR) is 104 cm³/mol. The van der Waals surface area contributed by atoms with Crippen molar-refractivity contribution in [1.29, 1.82) is 0 Å². The van der Waals surface area contributed by atoms with Crippen molar-refractivity contribution in [1.82, 2.24) is 4.72 Å². The molecule has 0 saturated heterocycles. The molecule has 144 valence electrons. The molecule has 0 spiro atoms. The second kappa shape index (κ2) is 6.92. The molecule has 2 aliphatic rings. The molecule has 0 bridgehead atoms. The maximum Gasteiger partial charge on any atom is 0.261 e. The van der Waals surface area contributed by atoms with Crippen LogP contribution >= 0.6 is 0 Å². The molecule has 6 nitrogen and oxygen atoms in total. The van der Waals surface area contributed by atoms with Crippen LogP contribution in [0.2, 0.25) is 0 Å². The molecule has 2 aliphatic carbocycles. The van der Waals surface area contributed by atoms with E-state index in [4.69, 9.17) is 0 Å². The van der Waals surface area contributed by atoms with Crippen LogP contribution in [0.5, 0.6) is 0 Å². The number of sulfonamides is 2. The van der Waals surface area contributed by atoms with Gasteiger partial charge < -0.3 is 0 Å². The lowest BCUT2D eigenvalue weighted by molar-refractivity contribution is 0.580. The summed E-state index contributed by atoms with van der Waals surface area (Å²) in [5.41, 5.74) is 2.79. The van der Waals surface area contributed by atoms with E-state index in [2.05, 4.69) is 9.44 Å². The van der Waals surface area contributed by atoms with E-state index in [0.717, 1.165) is 44.1 Å². The van der Waals surface area contributed by atoms with E-state index >= 15 is 0 Å². The highest BCUT2D eigenvalue weighted by Gasteiger charge is 2.29. The molecule has 1 saturated carbocycles. The summed E-state index contributed by atoms with van der Waals surface area (Å²) in [5, 5.41) is 0. The third-order valence-corrected chi connectivity index (χ3v) is 7.85. The molecule has 0 heterocycles. The molecule has 0 unspecified atom stereocenters. The van der Waals surface area contributed by atoms with Crippen LogP contribution in [0.25, 0.3) is 0 Å². The number of aryl methyl sites for hydroxylation is 1. The summed E-state index contributed by atoms with van der Waals surface area (Å²) in [6, 6.07) is 11.1. The number of hydrogen-bond acceptors (Lipinski definition) is 4. The normalized spacial score (nSPS) is 17.3. The van der Waals surface area contributed by atoms with Gasteiger partial charge in [-0.15, -0.1) is 0 Å². The topological polar surface area (TPSA) is 92.3 Å². The average molecular weight is 407 g/mol. The van der Waals surface area contributed by atoms with Crippen molar-refractivity contribution in [3.05, 3.63) is 53.6 Å². The molecule has 0 aromatic heterocycles. The van der Waals surface area contributed by atoms with Crippen molar-refractivity contribution < 1.29 is 16.8 Å². The van der Waals surface area contributed by atoms with Crippen LogP contribution in [0.1, 0.15) is 36.8 Å². The summed E-state index contributed by atoms with van der Waals surface area (Å²) in [6.45, 7) is 0. The fourth-order valence-electron chi connectivity index (χ4n) is 3.38. The van der Waals surface area contributed by atoms with E-state index < -0.39 is 20.0 Å². The van der Waals surface area contributed by atoms with Gasteiger partial charge in [0.1, 0.15) is 0 Å². The molecule has 2 aromatic rings. The summed E-state index contributed by atoms with van der Waals surface area (Å²) >= 11 is 0. The van der Waals surface area contributed by atoms with Gasteiger partial charge in [-0.05, 0) is 73.9 Å². The van der Waals surface area contributed by atoms with E-state index in [9.17, 15) is 16.8 Å². The number of benzene rings is 2. The van der Waals surface area contributed by atoms with Gasteiger partial charge in [0.15, 0.2) is 0 Å². The SMILES string of the molecule is O=S(=O)(Nc1cccc2c1CCCC2)c1cccc(S(=O)(=O)NC2CC2)c1. The minimum Gasteiger partial charge on any atom is -0.279 e. The standard InChI is InChI=1S/C19H22N2O4S2/c22-26(23,20-15-11-12-15)16-7-4-8-17(13-16)27(24,25)21-19-10-3-6-14-5-1-2-9-18(14)19/h3-4,6-8,10,13,15,20-21H,1-2,5,9,11-12H2. The third-order valence-electron chi connectivity index (χ3n) is 4.97. The van der Waals surface area contributed by atoms with Gasteiger partial charge in [0.25, 0.3) is 10.0 Å². The van der Waals surface area contributed by atoms with E-state index in [1.54, 1.807) is 6.07 Å². The van der Waals surface area contributed by atoms with Gasteiger partial charge in [0, 0.05) is 6.04 Å². The summed E-state index contributed by atoms with van der Waals surface area (Å²) in [7, 11) is -7.59. The van der Waals surface area contributed by atoms with Crippen molar-refractivity contribution in [2.45, 2.75) is 54.4 Å². The van der Waals surface area contributed by atoms with Gasteiger partial charge in [-0.3, -0.25) is 4.72 Å². The Morgan fingerprint density at radius 1 is 0.815 bits per heavy atom. The van der Waals surface area contributed by atoms with Crippen molar-refractivity contribution in [3.8, 4) is 0 Å². The highest BCUT2D eigenvalue weighted by Crippen LogP contribution is 2.30. The number of rotatable bonds is 6. The van der Waals surface area contributed by atoms with Crippen LogP contribution < -0.4 is 9.44 Å². The minimum absolute atomic E-state index is 0.0348. The number of hydrogen-bond donors (Lipinski definition) is 2. The number of anilines is 1. The Labute approximate surface area is 160 Å². The zero-order valence-electron chi connectivity index (χ0n) is 14.8. The fraction of sp³-hybridized carbons (Fsp3) is 0.368. The average Bonchev–Trinajstić information content (AvgIpc) is 3.45. The fourth-order valence-corrected chi connectivity index (χ4v) is 5.94. The van der Waals surface area contributed by atoms with Crippen molar-refractivity contribution in [2.75, 3.05) is 4.72 Å². The lowest BCUT2D eigenvalue weighted by Gasteiger charge is -2.20. The molecule has 0 atom stereocenters. The van der Waals surface area contributed by atoms with Crippen LogP contribution in [-0.4, -0.2) is 22.9 Å². The van der Waals surface area contributed by atoms with Crippen molar-refractivity contribution in [2.24, 2.45) is 0 Å². The molecule has 8 heteroatoms. The van der Waals surface area contributed by atoms with Gasteiger partial charge in [0.05, 0.1) is 15.5 Å². The molecule has 1 fully saturated rings. The summed E-state index contributed by atoms with van der Waals surface area (Å²) in [6.07, 6.45) is 5.57. The van der Waals surface area contributed by atoms with Crippen molar-refractivity contribution in [3.63, 3.8) is 0 Å². The molecule has 0 radical (unpaired) electrons. The zero-order chi connectivity index (χ0) is 19.1. The second-order valence-corrected chi connectivity index (χ2v) is 10.5. The Kier molecular flexibility index (Phi) is 4.73. The third kappa shape index (κ3) is 4.02. The molecule has 0 aliphatic heterocycles. The Morgan fingerprint density at radius 2 is 1.48 bits per heavy atom. The molecular weight excluding hydrogens is 384 g/mol. The maximum absolute atomic E-state index is 12.9. The Balaban J connectivity index is 1.64. The minimum atomic E-state index is -3.88. The summed E-state index contributed by atoms with van der Waals surface area (Å²) in [4.78, 5) is -0.0954. The Bertz CT molecular complexity index is 1070. The van der Waals surface area contributed by atoms with Crippen LogP contribution in [0, 0.1) is 0 Å². The highest BCUT2D eigenvalue weighted by molar-refractivity contribution is 7.93. The molecule has 2 N–H and O–H groups in total.